The number of hydrogen-bond donors (Lipinski definition) is 1. The molecule has 102 valence electrons. The molecule has 0 aliphatic rings. The van der Waals surface area contributed by atoms with Crippen molar-refractivity contribution in [3.05, 3.63) is 74.6 Å². The molecule has 1 N–H and O–H groups in total. The maximum Gasteiger partial charge on any atom is 0.0953 e. The lowest BCUT2D eigenvalue weighted by molar-refractivity contribution is 0.990. The molecule has 0 spiro atoms. The molecule has 3 rings (SSSR count). The summed E-state index contributed by atoms with van der Waals surface area (Å²) in [7, 11) is 0. The van der Waals surface area contributed by atoms with Crippen LogP contribution in [-0.4, -0.2) is 0 Å². The van der Waals surface area contributed by atoms with Crippen molar-refractivity contribution in [3.8, 4) is 0 Å². The summed E-state index contributed by atoms with van der Waals surface area (Å²) in [5.74, 6) is 0. The Kier molecular flexibility index (Phi) is 4.19. The minimum absolute atomic E-state index is 0.252. The minimum atomic E-state index is 0.252. The molecule has 0 aliphatic carbocycles. The van der Waals surface area contributed by atoms with E-state index < -0.39 is 0 Å². The summed E-state index contributed by atoms with van der Waals surface area (Å²) in [4.78, 5) is 2.71. The van der Waals surface area contributed by atoms with Gasteiger partial charge >= 0.3 is 0 Å². The Morgan fingerprint density at radius 2 is 1.65 bits per heavy atom. The van der Waals surface area contributed by atoms with E-state index in [0.717, 1.165) is 6.42 Å². The summed E-state index contributed by atoms with van der Waals surface area (Å²) in [5, 5.41) is 7.96. The number of nitrogens with one attached hydrogen (secondary N) is 1. The molecule has 20 heavy (non-hydrogen) atoms. The fourth-order valence-electron chi connectivity index (χ4n) is 2.24. The van der Waals surface area contributed by atoms with Crippen molar-refractivity contribution in [3.63, 3.8) is 0 Å². The van der Waals surface area contributed by atoms with Crippen molar-refractivity contribution in [2.45, 2.75) is 19.4 Å². The lowest BCUT2D eigenvalue weighted by atomic mass is 10.1. The van der Waals surface area contributed by atoms with E-state index in [-0.39, 0.29) is 6.04 Å². The lowest BCUT2D eigenvalue weighted by Crippen LogP contribution is -2.09. The smallest absolute Gasteiger partial charge is 0.0953 e. The molecule has 0 atom stereocenters. The predicted molar refractivity (Wildman–Crippen MR) is 89.9 cm³/mol. The first kappa shape index (κ1) is 13.4. The van der Waals surface area contributed by atoms with Gasteiger partial charge in [0.25, 0.3) is 0 Å². The van der Waals surface area contributed by atoms with E-state index in [9.17, 15) is 0 Å². The van der Waals surface area contributed by atoms with Gasteiger partial charge in [0.2, 0.25) is 0 Å². The number of anilines is 1. The Morgan fingerprint density at radius 3 is 2.20 bits per heavy atom. The molecule has 0 fully saturated rings. The molecule has 1 aromatic carbocycles. The van der Waals surface area contributed by atoms with E-state index in [1.807, 2.05) is 0 Å². The second-order valence-electron chi connectivity index (χ2n) is 4.66. The summed E-state index contributed by atoms with van der Waals surface area (Å²) in [5.41, 5.74) is 2.56. The van der Waals surface area contributed by atoms with E-state index >= 15 is 0 Å². The van der Waals surface area contributed by atoms with Gasteiger partial charge in [-0.25, -0.2) is 0 Å². The molecule has 3 aromatic rings. The molecule has 0 aliphatic heterocycles. The lowest BCUT2D eigenvalue weighted by Gasteiger charge is -2.18. The second-order valence-corrected chi connectivity index (χ2v) is 6.62. The summed E-state index contributed by atoms with van der Waals surface area (Å²) in [6.45, 7) is 2.19. The molecular formula is C17H17NS2. The standard InChI is InChI=1S/C17H17NS2/c1-2-13-6-3-7-14(12-13)18-17(15-8-4-10-19-15)16-9-5-11-20-16/h3-12,17-18H,2H2,1H3. The van der Waals surface area contributed by atoms with Gasteiger partial charge < -0.3 is 5.32 Å². The third kappa shape index (κ3) is 2.94. The zero-order valence-corrected chi connectivity index (χ0v) is 13.0. The van der Waals surface area contributed by atoms with Crippen LogP contribution in [0.5, 0.6) is 0 Å². The average Bonchev–Trinajstić information content (AvgIpc) is 3.18. The van der Waals surface area contributed by atoms with Crippen LogP contribution < -0.4 is 5.32 Å². The normalized spacial score (nSPS) is 10.9. The summed E-state index contributed by atoms with van der Waals surface area (Å²) < 4.78 is 0. The van der Waals surface area contributed by atoms with Gasteiger partial charge in [0.1, 0.15) is 0 Å². The van der Waals surface area contributed by atoms with Gasteiger partial charge in [0.15, 0.2) is 0 Å². The van der Waals surface area contributed by atoms with Crippen LogP contribution in [-0.2, 0) is 6.42 Å². The Bertz CT molecular complexity index is 607. The van der Waals surface area contributed by atoms with E-state index in [1.54, 1.807) is 22.7 Å². The quantitative estimate of drug-likeness (QED) is 0.649. The van der Waals surface area contributed by atoms with Crippen LogP contribution in [0.4, 0.5) is 5.69 Å². The topological polar surface area (TPSA) is 12.0 Å². The second kappa shape index (κ2) is 6.25. The van der Waals surface area contributed by atoms with Crippen molar-refractivity contribution in [2.24, 2.45) is 0 Å². The molecule has 0 saturated heterocycles. The van der Waals surface area contributed by atoms with Crippen molar-refractivity contribution < 1.29 is 0 Å². The number of rotatable bonds is 5. The predicted octanol–water partition coefficient (Wildman–Crippen LogP) is 5.57. The molecule has 0 radical (unpaired) electrons. The zero-order chi connectivity index (χ0) is 13.8. The van der Waals surface area contributed by atoms with Gasteiger partial charge in [-0.2, -0.15) is 0 Å². The van der Waals surface area contributed by atoms with Crippen LogP contribution in [0.3, 0.4) is 0 Å². The van der Waals surface area contributed by atoms with E-state index in [1.165, 1.54) is 21.0 Å². The van der Waals surface area contributed by atoms with Gasteiger partial charge in [0, 0.05) is 15.4 Å². The molecule has 0 saturated carbocycles. The summed E-state index contributed by atoms with van der Waals surface area (Å²) >= 11 is 3.61. The number of aryl methyl sites for hydroxylation is 1. The average molecular weight is 299 g/mol. The van der Waals surface area contributed by atoms with E-state index in [2.05, 4.69) is 71.5 Å². The van der Waals surface area contributed by atoms with Crippen LogP contribution in [0.2, 0.25) is 0 Å². The summed E-state index contributed by atoms with van der Waals surface area (Å²) in [6.07, 6.45) is 1.07. The molecule has 0 unspecified atom stereocenters. The molecule has 0 bridgehead atoms. The van der Waals surface area contributed by atoms with Crippen LogP contribution in [0.25, 0.3) is 0 Å². The first-order valence-electron chi connectivity index (χ1n) is 6.79. The Morgan fingerprint density at radius 1 is 0.950 bits per heavy atom. The largest absolute Gasteiger partial charge is 0.373 e. The fourth-order valence-corrected chi connectivity index (χ4v) is 3.90. The Balaban J connectivity index is 1.90. The molecular weight excluding hydrogens is 282 g/mol. The van der Waals surface area contributed by atoms with E-state index in [0.29, 0.717) is 0 Å². The van der Waals surface area contributed by atoms with Crippen molar-refractivity contribution >= 4 is 28.4 Å². The third-order valence-corrected chi connectivity index (χ3v) is 5.18. The highest BCUT2D eigenvalue weighted by atomic mass is 32.1. The highest BCUT2D eigenvalue weighted by Crippen LogP contribution is 2.32. The monoisotopic (exact) mass is 299 g/mol. The van der Waals surface area contributed by atoms with Crippen LogP contribution in [0, 0.1) is 0 Å². The third-order valence-electron chi connectivity index (χ3n) is 3.30. The van der Waals surface area contributed by atoms with Crippen molar-refractivity contribution in [1.82, 2.24) is 0 Å². The Hall–Kier alpha value is -1.58. The first-order valence-corrected chi connectivity index (χ1v) is 8.55. The molecule has 1 nitrogen and oxygen atoms in total. The summed E-state index contributed by atoms with van der Waals surface area (Å²) in [6, 6.07) is 17.6. The van der Waals surface area contributed by atoms with Crippen molar-refractivity contribution in [2.75, 3.05) is 5.32 Å². The van der Waals surface area contributed by atoms with Crippen molar-refractivity contribution in [1.29, 1.82) is 0 Å². The molecule has 2 aromatic heterocycles. The minimum Gasteiger partial charge on any atom is -0.373 e. The zero-order valence-electron chi connectivity index (χ0n) is 11.4. The highest BCUT2D eigenvalue weighted by Gasteiger charge is 2.16. The van der Waals surface area contributed by atoms with Gasteiger partial charge in [-0.1, -0.05) is 31.2 Å². The Labute approximate surface area is 127 Å². The first-order chi connectivity index (χ1) is 9.86. The van der Waals surface area contributed by atoms with Gasteiger partial charge in [0.05, 0.1) is 6.04 Å². The number of hydrogen-bond acceptors (Lipinski definition) is 3. The molecule has 0 amide bonds. The van der Waals surface area contributed by atoms with Gasteiger partial charge in [-0.05, 0) is 47.0 Å². The highest BCUT2D eigenvalue weighted by molar-refractivity contribution is 7.11. The van der Waals surface area contributed by atoms with Gasteiger partial charge in [-0.15, -0.1) is 22.7 Å². The SMILES string of the molecule is CCc1cccc(NC(c2cccs2)c2cccs2)c1. The molecule has 2 heterocycles. The van der Waals surface area contributed by atoms with Gasteiger partial charge in [-0.3, -0.25) is 0 Å². The maximum atomic E-state index is 3.68. The van der Waals surface area contributed by atoms with Crippen LogP contribution in [0.1, 0.15) is 28.3 Å². The number of thiophene rings is 2. The maximum absolute atomic E-state index is 3.68. The molecule has 3 heteroatoms. The fraction of sp³-hybridized carbons (Fsp3) is 0.176. The van der Waals surface area contributed by atoms with Crippen LogP contribution in [0.15, 0.2) is 59.3 Å². The van der Waals surface area contributed by atoms with Crippen LogP contribution >= 0.6 is 22.7 Å². The van der Waals surface area contributed by atoms with E-state index in [4.69, 9.17) is 0 Å². The number of benzene rings is 1.